The first-order valence-electron chi connectivity index (χ1n) is 9.10. The highest BCUT2D eigenvalue weighted by Gasteiger charge is 2.32. The molecule has 1 saturated heterocycles. The van der Waals surface area contributed by atoms with Crippen LogP contribution in [0.15, 0.2) is 16.9 Å². The summed E-state index contributed by atoms with van der Waals surface area (Å²) in [6.45, 7) is 7.95. The van der Waals surface area contributed by atoms with Crippen LogP contribution in [0.1, 0.15) is 63.1 Å². The molecule has 1 atom stereocenters. The van der Waals surface area contributed by atoms with E-state index >= 15 is 0 Å². The molecule has 0 aromatic carbocycles. The van der Waals surface area contributed by atoms with Gasteiger partial charge in [-0.05, 0) is 31.7 Å². The van der Waals surface area contributed by atoms with E-state index in [1.165, 1.54) is 17.8 Å². The van der Waals surface area contributed by atoms with E-state index in [2.05, 4.69) is 41.0 Å². The molecule has 1 saturated carbocycles. The molecule has 1 unspecified atom stereocenters. The molecule has 4 rings (SSSR count). The second-order valence-electron chi connectivity index (χ2n) is 8.18. The minimum Gasteiger partial charge on any atom is -0.342 e. The Morgan fingerprint density at radius 3 is 2.72 bits per heavy atom. The fourth-order valence-electron chi connectivity index (χ4n) is 3.29. The van der Waals surface area contributed by atoms with Crippen LogP contribution in [0.4, 0.5) is 5.13 Å². The fourth-order valence-corrected chi connectivity index (χ4v) is 4.40. The van der Waals surface area contributed by atoms with Crippen molar-refractivity contribution in [3.63, 3.8) is 0 Å². The summed E-state index contributed by atoms with van der Waals surface area (Å²) < 4.78 is 1.63. The number of anilines is 1. The Hall–Kier alpha value is -1.76. The van der Waals surface area contributed by atoms with Gasteiger partial charge in [0, 0.05) is 23.9 Å². The number of hydrogen-bond acceptors (Lipinski definition) is 6. The fraction of sp³-hybridized carbons (Fsp3) is 0.667. The van der Waals surface area contributed by atoms with E-state index in [-0.39, 0.29) is 17.0 Å². The largest absolute Gasteiger partial charge is 0.342 e. The zero-order valence-electron chi connectivity index (χ0n) is 15.1. The highest BCUT2D eigenvalue weighted by Crippen LogP contribution is 2.43. The van der Waals surface area contributed by atoms with Gasteiger partial charge in [-0.2, -0.15) is 5.10 Å². The van der Waals surface area contributed by atoms with Crippen LogP contribution in [-0.2, 0) is 12.0 Å². The normalized spacial score (nSPS) is 21.1. The van der Waals surface area contributed by atoms with Gasteiger partial charge < -0.3 is 4.90 Å². The van der Waals surface area contributed by atoms with Gasteiger partial charge in [-0.25, -0.2) is 4.68 Å². The summed E-state index contributed by atoms with van der Waals surface area (Å²) in [6.07, 6.45) is 4.68. The molecule has 3 heterocycles. The van der Waals surface area contributed by atoms with Gasteiger partial charge >= 0.3 is 0 Å². The van der Waals surface area contributed by atoms with Gasteiger partial charge in [0.15, 0.2) is 0 Å². The molecule has 2 aromatic rings. The SMILES string of the molecule is CC(C)(C)c1ccc(=O)n(CC2CCCN2c2nnc(C3CC3)s2)n1. The lowest BCUT2D eigenvalue weighted by Gasteiger charge is -2.25. The van der Waals surface area contributed by atoms with Crippen LogP contribution in [0.5, 0.6) is 0 Å². The Morgan fingerprint density at radius 2 is 2.00 bits per heavy atom. The molecular weight excluding hydrogens is 334 g/mol. The van der Waals surface area contributed by atoms with Crippen molar-refractivity contribution in [1.29, 1.82) is 0 Å². The summed E-state index contributed by atoms with van der Waals surface area (Å²) in [5.74, 6) is 0.639. The number of rotatable bonds is 4. The van der Waals surface area contributed by atoms with E-state index in [9.17, 15) is 4.79 Å². The molecule has 0 N–H and O–H groups in total. The molecule has 6 nitrogen and oxygen atoms in total. The zero-order valence-corrected chi connectivity index (χ0v) is 15.9. The van der Waals surface area contributed by atoms with Gasteiger partial charge in [0.1, 0.15) is 5.01 Å². The molecule has 0 spiro atoms. The summed E-state index contributed by atoms with van der Waals surface area (Å²) >= 11 is 1.72. The van der Waals surface area contributed by atoms with Crippen molar-refractivity contribution in [3.8, 4) is 0 Å². The van der Waals surface area contributed by atoms with E-state index < -0.39 is 0 Å². The number of aromatic nitrogens is 4. The molecule has 1 aliphatic carbocycles. The molecule has 0 bridgehead atoms. The molecule has 2 fully saturated rings. The van der Waals surface area contributed by atoms with Crippen LogP contribution in [-0.4, -0.2) is 32.6 Å². The molecule has 1 aliphatic heterocycles. The average Bonchev–Trinajstić information content (AvgIpc) is 3.11. The minimum atomic E-state index is -0.0663. The van der Waals surface area contributed by atoms with Gasteiger partial charge in [-0.1, -0.05) is 32.1 Å². The first-order valence-corrected chi connectivity index (χ1v) is 9.92. The molecule has 0 radical (unpaired) electrons. The van der Waals surface area contributed by atoms with Crippen molar-refractivity contribution in [2.45, 2.75) is 70.4 Å². The number of nitrogens with zero attached hydrogens (tertiary/aromatic N) is 5. The van der Waals surface area contributed by atoms with E-state index in [0.29, 0.717) is 12.5 Å². The highest BCUT2D eigenvalue weighted by molar-refractivity contribution is 7.15. The van der Waals surface area contributed by atoms with Crippen LogP contribution in [0, 0.1) is 0 Å². The first-order chi connectivity index (χ1) is 11.9. The Kier molecular flexibility index (Phi) is 4.14. The lowest BCUT2D eigenvalue weighted by atomic mass is 9.92. The average molecular weight is 359 g/mol. The van der Waals surface area contributed by atoms with Crippen molar-refractivity contribution < 1.29 is 0 Å². The van der Waals surface area contributed by atoms with Crippen LogP contribution < -0.4 is 10.5 Å². The zero-order chi connectivity index (χ0) is 17.6. The lowest BCUT2D eigenvalue weighted by molar-refractivity contribution is 0.457. The highest BCUT2D eigenvalue weighted by atomic mass is 32.1. The van der Waals surface area contributed by atoms with Gasteiger partial charge in [0.2, 0.25) is 5.13 Å². The van der Waals surface area contributed by atoms with Crippen LogP contribution in [0.2, 0.25) is 0 Å². The third kappa shape index (κ3) is 3.47. The van der Waals surface area contributed by atoms with Gasteiger partial charge in [0.25, 0.3) is 5.56 Å². The van der Waals surface area contributed by atoms with Crippen molar-refractivity contribution in [3.05, 3.63) is 33.2 Å². The van der Waals surface area contributed by atoms with E-state index in [1.54, 1.807) is 22.1 Å². The number of hydrogen-bond donors (Lipinski definition) is 0. The summed E-state index contributed by atoms with van der Waals surface area (Å²) in [5, 5.41) is 15.6. The topological polar surface area (TPSA) is 63.9 Å². The van der Waals surface area contributed by atoms with E-state index in [0.717, 1.165) is 30.2 Å². The van der Waals surface area contributed by atoms with E-state index in [4.69, 9.17) is 0 Å². The predicted octanol–water partition coefficient (Wildman–Crippen LogP) is 2.94. The smallest absolute Gasteiger partial charge is 0.266 e. The van der Waals surface area contributed by atoms with Gasteiger partial charge in [-0.3, -0.25) is 4.79 Å². The Balaban J connectivity index is 1.55. The molecule has 2 aromatic heterocycles. The summed E-state index contributed by atoms with van der Waals surface area (Å²) in [6, 6.07) is 3.75. The van der Waals surface area contributed by atoms with Crippen molar-refractivity contribution in [2.75, 3.05) is 11.4 Å². The van der Waals surface area contributed by atoms with Crippen molar-refractivity contribution >= 4 is 16.5 Å². The summed E-state index contributed by atoms with van der Waals surface area (Å²) in [5.41, 5.74) is 0.850. The Labute approximate surface area is 151 Å². The molecule has 2 aliphatic rings. The quantitative estimate of drug-likeness (QED) is 0.840. The minimum absolute atomic E-state index is 0.0317. The Bertz CT molecular complexity index is 817. The Morgan fingerprint density at radius 1 is 1.20 bits per heavy atom. The van der Waals surface area contributed by atoms with Crippen molar-refractivity contribution in [1.82, 2.24) is 20.0 Å². The van der Waals surface area contributed by atoms with Crippen LogP contribution in [0.25, 0.3) is 0 Å². The first kappa shape index (κ1) is 16.7. The maximum atomic E-state index is 12.3. The van der Waals surface area contributed by atoms with Crippen LogP contribution >= 0.6 is 11.3 Å². The van der Waals surface area contributed by atoms with Crippen LogP contribution in [0.3, 0.4) is 0 Å². The predicted molar refractivity (Wildman–Crippen MR) is 99.4 cm³/mol. The van der Waals surface area contributed by atoms with E-state index in [1.807, 2.05) is 6.07 Å². The van der Waals surface area contributed by atoms with Gasteiger partial charge in [-0.15, -0.1) is 10.2 Å². The lowest BCUT2D eigenvalue weighted by Crippen LogP contribution is -2.37. The molecule has 25 heavy (non-hydrogen) atoms. The molecule has 7 heteroatoms. The molecular formula is C18H25N5OS. The standard InChI is InChI=1S/C18H25N5OS/c1-18(2,3)14-8-9-15(24)23(21-14)11-13-5-4-10-22(13)17-20-19-16(25-17)12-6-7-12/h8-9,12-13H,4-7,10-11H2,1-3H3. The van der Waals surface area contributed by atoms with Crippen molar-refractivity contribution in [2.24, 2.45) is 0 Å². The third-order valence-electron chi connectivity index (χ3n) is 5.00. The summed E-state index contributed by atoms with van der Waals surface area (Å²) in [7, 11) is 0. The molecule has 0 amide bonds. The maximum absolute atomic E-state index is 12.3. The third-order valence-corrected chi connectivity index (χ3v) is 6.12. The summed E-state index contributed by atoms with van der Waals surface area (Å²) in [4.78, 5) is 14.6. The maximum Gasteiger partial charge on any atom is 0.266 e. The monoisotopic (exact) mass is 359 g/mol. The second kappa shape index (κ2) is 6.20. The molecule has 134 valence electrons. The second-order valence-corrected chi connectivity index (χ2v) is 9.16. The van der Waals surface area contributed by atoms with Gasteiger partial charge in [0.05, 0.1) is 18.3 Å².